The van der Waals surface area contributed by atoms with Gasteiger partial charge in [0.1, 0.15) is 12.2 Å². The first-order valence-electron chi connectivity index (χ1n) is 18.8. The maximum absolute atomic E-state index is 14.5. The normalized spacial score (nSPS) is 18.7. The Morgan fingerprint density at radius 1 is 0.926 bits per heavy atom. The Hall–Kier alpha value is -4.34. The van der Waals surface area contributed by atoms with Crippen LogP contribution in [0.25, 0.3) is 11.2 Å². The molecule has 3 fully saturated rings. The number of fused-ring (bicyclic) bond motifs is 1. The van der Waals surface area contributed by atoms with Gasteiger partial charge in [-0.25, -0.2) is 4.79 Å². The molecule has 6 heterocycles. The Bertz CT molecular complexity index is 2110. The molecule has 8 rings (SSSR count). The van der Waals surface area contributed by atoms with Crippen molar-refractivity contribution in [3.8, 4) is 5.69 Å². The Morgan fingerprint density at radius 3 is 2.33 bits per heavy atom. The number of halogens is 3. The van der Waals surface area contributed by atoms with E-state index in [0.29, 0.717) is 56.6 Å². The Morgan fingerprint density at radius 2 is 1.65 bits per heavy atom. The predicted octanol–water partition coefficient (Wildman–Crippen LogP) is 4.58. The van der Waals surface area contributed by atoms with Crippen LogP contribution in [-0.2, 0) is 54.2 Å². The molecule has 3 saturated heterocycles. The number of rotatable bonds is 12. The smallest absolute Gasteiger partial charge is 0.379 e. The molecule has 286 valence electrons. The molecule has 14 heteroatoms. The zero-order valence-electron chi connectivity index (χ0n) is 30.6. The second-order valence-corrected chi connectivity index (χ2v) is 15.2. The summed E-state index contributed by atoms with van der Waals surface area (Å²) in [6.07, 6.45) is 2.24. The average molecular weight is 745 g/mol. The number of ether oxygens (including phenoxy) is 2. The van der Waals surface area contributed by atoms with Crippen LogP contribution in [0.4, 0.5) is 13.2 Å². The van der Waals surface area contributed by atoms with Crippen LogP contribution in [0.1, 0.15) is 46.5 Å². The summed E-state index contributed by atoms with van der Waals surface area (Å²) in [5, 5.41) is 11.6. The zero-order valence-corrected chi connectivity index (χ0v) is 30.6. The van der Waals surface area contributed by atoms with Crippen molar-refractivity contribution in [3.63, 3.8) is 0 Å². The van der Waals surface area contributed by atoms with Crippen LogP contribution in [-0.4, -0.2) is 92.6 Å². The van der Waals surface area contributed by atoms with E-state index in [0.717, 1.165) is 80.0 Å². The predicted molar refractivity (Wildman–Crippen MR) is 197 cm³/mol. The summed E-state index contributed by atoms with van der Waals surface area (Å²) >= 11 is 0. The van der Waals surface area contributed by atoms with Crippen LogP contribution in [0.3, 0.4) is 0 Å². The monoisotopic (exact) mass is 744 g/mol. The topological polar surface area (TPSA) is 94.1 Å². The fourth-order valence-electron chi connectivity index (χ4n) is 8.00. The van der Waals surface area contributed by atoms with Crippen LogP contribution in [0.2, 0.25) is 0 Å². The number of nitrogens with one attached hydrogen (secondary N) is 1. The van der Waals surface area contributed by atoms with Gasteiger partial charge in [-0.05, 0) is 72.3 Å². The lowest BCUT2D eigenvalue weighted by Gasteiger charge is -2.41. The largest absolute Gasteiger partial charge is 0.418 e. The molecule has 0 unspecified atom stereocenters. The Labute approximate surface area is 312 Å². The lowest BCUT2D eigenvalue weighted by atomic mass is 9.75. The second kappa shape index (κ2) is 15.4. The van der Waals surface area contributed by atoms with Gasteiger partial charge in [0.2, 0.25) is 0 Å². The van der Waals surface area contributed by atoms with Crippen molar-refractivity contribution in [2.75, 3.05) is 59.1 Å². The molecule has 0 spiro atoms. The molecule has 3 aromatic heterocycles. The molecular weight excluding hydrogens is 697 g/mol. The summed E-state index contributed by atoms with van der Waals surface area (Å²) < 4.78 is 59.6. The number of piperidine rings is 1. The standard InChI is InChI=1S/C40H47F3N8O3/c1-47-28-45-46-37(47)19-39(26-54-27-39)33-3-2-4-34(18-33)50-23-36-35(40(41,42)43)17-32(22-51(36)38(50)52)21-48-13-9-31(10-14-48)25-53-24-30-7-5-29(6-8-30)20-49-15-11-44-12-16-49/h2-8,17-18,22-23,28,31,44H,9-16,19-21,24-27H2,1H3. The van der Waals surface area contributed by atoms with Crippen LogP contribution >= 0.6 is 0 Å². The van der Waals surface area contributed by atoms with Crippen LogP contribution in [0, 0.1) is 5.92 Å². The minimum atomic E-state index is -4.64. The summed E-state index contributed by atoms with van der Waals surface area (Å²) in [4.78, 5) is 18.4. The quantitative estimate of drug-likeness (QED) is 0.199. The number of aromatic nitrogens is 5. The average Bonchev–Trinajstić information content (AvgIpc) is 3.72. The van der Waals surface area contributed by atoms with E-state index in [1.54, 1.807) is 18.6 Å². The maximum Gasteiger partial charge on any atom is 0.418 e. The maximum atomic E-state index is 14.5. The van der Waals surface area contributed by atoms with E-state index < -0.39 is 17.4 Å². The molecule has 11 nitrogen and oxygen atoms in total. The molecule has 5 aromatic rings. The molecule has 0 radical (unpaired) electrons. The second-order valence-electron chi connectivity index (χ2n) is 15.2. The van der Waals surface area contributed by atoms with Gasteiger partial charge in [-0.1, -0.05) is 36.4 Å². The Kier molecular flexibility index (Phi) is 10.5. The van der Waals surface area contributed by atoms with Crippen molar-refractivity contribution in [2.45, 2.75) is 50.6 Å². The number of nitrogens with zero attached hydrogens (tertiary/aromatic N) is 7. The van der Waals surface area contributed by atoms with Crippen LogP contribution in [0.5, 0.6) is 0 Å². The highest BCUT2D eigenvalue weighted by atomic mass is 19.4. The zero-order chi connectivity index (χ0) is 37.3. The van der Waals surface area contributed by atoms with Gasteiger partial charge in [0.25, 0.3) is 0 Å². The summed E-state index contributed by atoms with van der Waals surface area (Å²) in [5.74, 6) is 1.19. The number of benzene rings is 2. The summed E-state index contributed by atoms with van der Waals surface area (Å²) in [7, 11) is 1.88. The van der Waals surface area contributed by atoms with E-state index in [1.165, 1.54) is 22.4 Å². The van der Waals surface area contributed by atoms with E-state index in [2.05, 4.69) is 49.6 Å². The first kappa shape index (κ1) is 36.6. The molecule has 0 atom stereocenters. The fraction of sp³-hybridized carbons (Fsp3) is 0.475. The van der Waals surface area contributed by atoms with Crippen molar-refractivity contribution in [1.82, 2.24) is 38.8 Å². The number of likely N-dealkylation sites (tertiary alicyclic amines) is 1. The third kappa shape index (κ3) is 7.89. The first-order chi connectivity index (χ1) is 26.1. The molecule has 3 aliphatic heterocycles. The number of alkyl halides is 3. The van der Waals surface area contributed by atoms with E-state index >= 15 is 0 Å². The lowest BCUT2D eigenvalue weighted by Crippen LogP contribution is -2.49. The van der Waals surface area contributed by atoms with Crippen molar-refractivity contribution in [3.05, 3.63) is 117 Å². The van der Waals surface area contributed by atoms with E-state index in [4.69, 9.17) is 9.47 Å². The highest BCUT2D eigenvalue weighted by Crippen LogP contribution is 2.37. The van der Waals surface area contributed by atoms with E-state index in [9.17, 15) is 18.0 Å². The molecular formula is C40H47F3N8O3. The van der Waals surface area contributed by atoms with Gasteiger partial charge in [-0.2, -0.15) is 13.2 Å². The lowest BCUT2D eigenvalue weighted by molar-refractivity contribution is -0.136. The molecule has 0 bridgehead atoms. The van der Waals surface area contributed by atoms with Gasteiger partial charge in [0.15, 0.2) is 0 Å². The van der Waals surface area contributed by atoms with Crippen LogP contribution in [0.15, 0.2) is 78.1 Å². The van der Waals surface area contributed by atoms with E-state index in [1.807, 2.05) is 29.8 Å². The molecule has 1 N–H and O–H groups in total. The molecule has 0 aliphatic carbocycles. The van der Waals surface area contributed by atoms with Crippen molar-refractivity contribution in [1.29, 1.82) is 0 Å². The van der Waals surface area contributed by atoms with Gasteiger partial charge in [0.05, 0.1) is 36.6 Å². The summed E-state index contributed by atoms with van der Waals surface area (Å²) in [6.45, 7) is 9.15. The number of pyridine rings is 1. The third-order valence-electron chi connectivity index (χ3n) is 11.3. The fourth-order valence-corrected chi connectivity index (χ4v) is 8.00. The number of piperazine rings is 1. The number of hydrogen-bond acceptors (Lipinski definition) is 8. The van der Waals surface area contributed by atoms with Crippen LogP contribution < -0.4 is 11.0 Å². The molecule has 0 saturated carbocycles. The highest BCUT2D eigenvalue weighted by molar-refractivity contribution is 5.58. The Balaban J connectivity index is 0.911. The van der Waals surface area contributed by atoms with Gasteiger partial charge in [-0.15, -0.1) is 10.2 Å². The van der Waals surface area contributed by atoms with Crippen molar-refractivity contribution >= 4 is 5.52 Å². The van der Waals surface area contributed by atoms with Crippen molar-refractivity contribution in [2.24, 2.45) is 13.0 Å². The highest BCUT2D eigenvalue weighted by Gasteiger charge is 2.42. The molecule has 2 aromatic carbocycles. The summed E-state index contributed by atoms with van der Waals surface area (Å²) in [5.41, 5.74) is 2.42. The number of imidazole rings is 1. The summed E-state index contributed by atoms with van der Waals surface area (Å²) in [6, 6.07) is 17.3. The minimum absolute atomic E-state index is 0.174. The van der Waals surface area contributed by atoms with Crippen molar-refractivity contribution < 1.29 is 22.6 Å². The molecule has 0 amide bonds. The SMILES string of the molecule is Cn1cnnc1CC1(c2cccc(-n3cc4c(C(F)(F)F)cc(CN5CCC(COCc6ccc(CN7CCNCC7)cc6)CC5)cn4c3=O)c2)COC1. The molecule has 3 aliphatic rings. The van der Waals surface area contributed by atoms with E-state index in [-0.39, 0.29) is 10.9 Å². The van der Waals surface area contributed by atoms with Gasteiger partial charge in [-0.3, -0.25) is 18.8 Å². The first-order valence-corrected chi connectivity index (χ1v) is 18.8. The molecule has 54 heavy (non-hydrogen) atoms. The third-order valence-corrected chi connectivity index (χ3v) is 11.3. The number of hydrogen-bond donors (Lipinski definition) is 1. The van der Waals surface area contributed by atoms with Gasteiger partial charge >= 0.3 is 11.9 Å². The minimum Gasteiger partial charge on any atom is -0.379 e. The van der Waals surface area contributed by atoms with Gasteiger partial charge in [0, 0.05) is 77.2 Å². The number of aryl methyl sites for hydroxylation is 1. The van der Waals surface area contributed by atoms with Gasteiger partial charge < -0.3 is 19.4 Å².